The molecule has 0 saturated heterocycles. The SMILES string of the molecule is CC(C)NC(=O)Nc1cccc(C(=O)NCc2cc(Br)ccc2F)c1. The number of nitrogens with one attached hydrogen (secondary N) is 3. The van der Waals surface area contributed by atoms with Crippen LogP contribution in [0, 0.1) is 5.82 Å². The van der Waals surface area contributed by atoms with Crippen LogP contribution in [0.2, 0.25) is 0 Å². The van der Waals surface area contributed by atoms with E-state index in [-0.39, 0.29) is 30.3 Å². The molecule has 0 unspecified atom stereocenters. The van der Waals surface area contributed by atoms with Gasteiger partial charge in [0.1, 0.15) is 5.82 Å². The zero-order chi connectivity index (χ0) is 18.4. The van der Waals surface area contributed by atoms with E-state index >= 15 is 0 Å². The number of carbonyl (C=O) groups is 2. The van der Waals surface area contributed by atoms with Crippen LogP contribution in [0.3, 0.4) is 0 Å². The fourth-order valence-corrected chi connectivity index (χ4v) is 2.53. The first kappa shape index (κ1) is 18.9. The van der Waals surface area contributed by atoms with Gasteiger partial charge in [0.15, 0.2) is 0 Å². The predicted octanol–water partition coefficient (Wildman–Crippen LogP) is 4.05. The number of benzene rings is 2. The smallest absolute Gasteiger partial charge is 0.319 e. The van der Waals surface area contributed by atoms with E-state index < -0.39 is 0 Å². The standard InChI is InChI=1S/C18H19BrFN3O2/c1-11(2)22-18(25)23-15-5-3-4-12(9-15)17(24)21-10-13-8-14(19)6-7-16(13)20/h3-9,11H,10H2,1-2H3,(H,21,24)(H2,22,23,25). The molecule has 2 aromatic rings. The van der Waals surface area contributed by atoms with Crippen LogP contribution in [0.25, 0.3) is 0 Å². The lowest BCUT2D eigenvalue weighted by molar-refractivity contribution is 0.0950. The van der Waals surface area contributed by atoms with Crippen molar-refractivity contribution in [1.82, 2.24) is 10.6 Å². The molecule has 7 heteroatoms. The number of hydrogen-bond acceptors (Lipinski definition) is 2. The zero-order valence-corrected chi connectivity index (χ0v) is 15.5. The molecule has 0 saturated carbocycles. The summed E-state index contributed by atoms with van der Waals surface area (Å²) in [6, 6.07) is 10.7. The van der Waals surface area contributed by atoms with Gasteiger partial charge in [0.25, 0.3) is 5.91 Å². The minimum Gasteiger partial charge on any atom is -0.348 e. The van der Waals surface area contributed by atoms with Crippen LogP contribution < -0.4 is 16.0 Å². The van der Waals surface area contributed by atoms with Crippen molar-refractivity contribution in [2.75, 3.05) is 5.32 Å². The molecule has 0 radical (unpaired) electrons. The highest BCUT2D eigenvalue weighted by molar-refractivity contribution is 9.10. The molecule has 0 aliphatic carbocycles. The Hall–Kier alpha value is -2.41. The fraction of sp³-hybridized carbons (Fsp3) is 0.222. The summed E-state index contributed by atoms with van der Waals surface area (Å²) < 4.78 is 14.4. The molecule has 0 bridgehead atoms. The highest BCUT2D eigenvalue weighted by Crippen LogP contribution is 2.16. The number of anilines is 1. The lowest BCUT2D eigenvalue weighted by Crippen LogP contribution is -2.34. The maximum Gasteiger partial charge on any atom is 0.319 e. The molecule has 0 spiro atoms. The number of hydrogen-bond donors (Lipinski definition) is 3. The van der Waals surface area contributed by atoms with Gasteiger partial charge >= 0.3 is 6.03 Å². The Balaban J connectivity index is 2.01. The van der Waals surface area contributed by atoms with E-state index in [4.69, 9.17) is 0 Å². The van der Waals surface area contributed by atoms with Gasteiger partial charge in [0.2, 0.25) is 0 Å². The highest BCUT2D eigenvalue weighted by Gasteiger charge is 2.10. The van der Waals surface area contributed by atoms with Crippen LogP contribution in [-0.4, -0.2) is 18.0 Å². The molecule has 0 aliphatic heterocycles. The third kappa shape index (κ3) is 5.86. The van der Waals surface area contributed by atoms with E-state index in [2.05, 4.69) is 31.9 Å². The molecule has 3 amide bonds. The molecule has 5 nitrogen and oxygen atoms in total. The number of amides is 3. The summed E-state index contributed by atoms with van der Waals surface area (Å²) in [6.07, 6.45) is 0. The molecule has 0 atom stereocenters. The van der Waals surface area contributed by atoms with E-state index in [1.807, 2.05) is 13.8 Å². The minimum atomic E-state index is -0.385. The van der Waals surface area contributed by atoms with Crippen molar-refractivity contribution in [2.24, 2.45) is 0 Å². The van der Waals surface area contributed by atoms with Gasteiger partial charge in [0, 0.05) is 33.9 Å². The maximum absolute atomic E-state index is 13.7. The van der Waals surface area contributed by atoms with Crippen LogP contribution in [0.15, 0.2) is 46.9 Å². The average molecular weight is 408 g/mol. The quantitative estimate of drug-likeness (QED) is 0.699. The maximum atomic E-state index is 13.7. The van der Waals surface area contributed by atoms with E-state index in [0.717, 1.165) is 4.47 Å². The van der Waals surface area contributed by atoms with Crippen molar-refractivity contribution in [3.05, 3.63) is 63.9 Å². The van der Waals surface area contributed by atoms with Gasteiger partial charge in [-0.25, -0.2) is 9.18 Å². The molecule has 0 fully saturated rings. The number of halogens is 2. The van der Waals surface area contributed by atoms with Crippen molar-refractivity contribution in [1.29, 1.82) is 0 Å². The van der Waals surface area contributed by atoms with Gasteiger partial charge in [0.05, 0.1) is 0 Å². The summed E-state index contributed by atoms with van der Waals surface area (Å²) in [6.45, 7) is 3.77. The van der Waals surface area contributed by atoms with Crippen molar-refractivity contribution < 1.29 is 14.0 Å². The lowest BCUT2D eigenvalue weighted by atomic mass is 10.1. The van der Waals surface area contributed by atoms with Crippen LogP contribution in [0.4, 0.5) is 14.9 Å². The molecule has 25 heavy (non-hydrogen) atoms. The zero-order valence-electron chi connectivity index (χ0n) is 13.9. The van der Waals surface area contributed by atoms with Crippen LogP contribution in [0.5, 0.6) is 0 Å². The van der Waals surface area contributed by atoms with Gasteiger partial charge in [-0.15, -0.1) is 0 Å². The Morgan fingerprint density at radius 2 is 1.92 bits per heavy atom. The monoisotopic (exact) mass is 407 g/mol. The summed E-state index contributed by atoms with van der Waals surface area (Å²) in [5.41, 5.74) is 1.26. The topological polar surface area (TPSA) is 70.2 Å². The summed E-state index contributed by atoms with van der Waals surface area (Å²) in [5.74, 6) is -0.739. The van der Waals surface area contributed by atoms with Crippen LogP contribution in [-0.2, 0) is 6.54 Å². The van der Waals surface area contributed by atoms with Gasteiger partial charge in [-0.3, -0.25) is 4.79 Å². The summed E-state index contributed by atoms with van der Waals surface area (Å²) in [5, 5.41) is 8.03. The highest BCUT2D eigenvalue weighted by atomic mass is 79.9. The molecule has 2 rings (SSSR count). The summed E-state index contributed by atoms with van der Waals surface area (Å²) in [7, 11) is 0. The third-order valence-corrected chi connectivity index (χ3v) is 3.74. The first-order chi connectivity index (χ1) is 11.8. The van der Waals surface area contributed by atoms with E-state index in [1.54, 1.807) is 36.4 Å². The molecular weight excluding hydrogens is 389 g/mol. The largest absolute Gasteiger partial charge is 0.348 e. The second-order valence-electron chi connectivity index (χ2n) is 5.75. The molecule has 132 valence electrons. The fourth-order valence-electron chi connectivity index (χ4n) is 2.12. The molecule has 2 aromatic carbocycles. The Bertz CT molecular complexity index is 781. The first-order valence-corrected chi connectivity index (χ1v) is 8.54. The number of carbonyl (C=O) groups excluding carboxylic acids is 2. The molecule has 0 aromatic heterocycles. The normalized spacial score (nSPS) is 10.4. The molecule has 3 N–H and O–H groups in total. The van der Waals surface area contributed by atoms with E-state index in [9.17, 15) is 14.0 Å². The Morgan fingerprint density at radius 1 is 1.16 bits per heavy atom. The van der Waals surface area contributed by atoms with Crippen molar-refractivity contribution >= 4 is 33.6 Å². The van der Waals surface area contributed by atoms with Gasteiger partial charge in [-0.05, 0) is 50.2 Å². The Labute approximate surface area is 154 Å². The Kier molecular flexibility index (Phi) is 6.52. The van der Waals surface area contributed by atoms with Crippen LogP contribution in [0.1, 0.15) is 29.8 Å². The molecule has 0 heterocycles. The third-order valence-electron chi connectivity index (χ3n) is 3.25. The van der Waals surface area contributed by atoms with Gasteiger partial charge in [-0.2, -0.15) is 0 Å². The minimum absolute atomic E-state index is 0.00609. The first-order valence-electron chi connectivity index (χ1n) is 7.75. The van der Waals surface area contributed by atoms with Crippen molar-refractivity contribution in [2.45, 2.75) is 26.4 Å². The second-order valence-corrected chi connectivity index (χ2v) is 6.67. The number of urea groups is 1. The van der Waals surface area contributed by atoms with E-state index in [0.29, 0.717) is 16.8 Å². The second kappa shape index (κ2) is 8.62. The average Bonchev–Trinajstić information content (AvgIpc) is 2.54. The molecule has 0 aliphatic rings. The summed E-state index contributed by atoms with van der Waals surface area (Å²) in [4.78, 5) is 24.0. The number of rotatable bonds is 5. The van der Waals surface area contributed by atoms with Gasteiger partial charge in [-0.1, -0.05) is 22.0 Å². The molecular formula is C18H19BrFN3O2. The van der Waals surface area contributed by atoms with Crippen LogP contribution >= 0.6 is 15.9 Å². The Morgan fingerprint density at radius 3 is 2.64 bits per heavy atom. The summed E-state index contributed by atoms with van der Waals surface area (Å²) >= 11 is 3.27. The van der Waals surface area contributed by atoms with E-state index in [1.165, 1.54) is 6.07 Å². The van der Waals surface area contributed by atoms with Gasteiger partial charge < -0.3 is 16.0 Å². The lowest BCUT2D eigenvalue weighted by Gasteiger charge is -2.11. The predicted molar refractivity (Wildman–Crippen MR) is 99.0 cm³/mol. The van der Waals surface area contributed by atoms with Crippen molar-refractivity contribution in [3.63, 3.8) is 0 Å². The van der Waals surface area contributed by atoms with Crippen molar-refractivity contribution in [3.8, 4) is 0 Å².